The van der Waals surface area contributed by atoms with Crippen LogP contribution in [-0.4, -0.2) is 11.9 Å². The van der Waals surface area contributed by atoms with Crippen LogP contribution in [0.3, 0.4) is 0 Å². The minimum absolute atomic E-state index is 0.334. The summed E-state index contributed by atoms with van der Waals surface area (Å²) in [6.45, 7) is 0. The van der Waals surface area contributed by atoms with Crippen LogP contribution in [0.15, 0.2) is 30.3 Å². The van der Waals surface area contributed by atoms with E-state index in [9.17, 15) is 9.59 Å². The van der Waals surface area contributed by atoms with E-state index in [0.29, 0.717) is 12.5 Å². The molecule has 1 aliphatic heterocycles. The predicted octanol–water partition coefficient (Wildman–Crippen LogP) is 0.600. The molecular weight excluding hydrogens is 180 g/mol. The number of carbonyl (C=O) groups is 2. The van der Waals surface area contributed by atoms with Crippen molar-refractivity contribution in [3.05, 3.63) is 41.9 Å². The van der Waals surface area contributed by atoms with Gasteiger partial charge in [0.05, 0.1) is 0 Å². The quantitative estimate of drug-likeness (QED) is 0.669. The Morgan fingerprint density at radius 1 is 1.00 bits per heavy atom. The number of carbonyl (C=O) groups excluding carboxylic acids is 2. The summed E-state index contributed by atoms with van der Waals surface area (Å²) in [7, 11) is 0. The lowest BCUT2D eigenvalue weighted by atomic mass is 10.1. The number of hydrogen-bond donors (Lipinski definition) is 2. The molecular formula is C10H9N2O2. The van der Waals surface area contributed by atoms with Crippen LogP contribution in [0.25, 0.3) is 0 Å². The van der Waals surface area contributed by atoms with Gasteiger partial charge >= 0.3 is 6.03 Å². The molecule has 0 saturated carbocycles. The maximum atomic E-state index is 11.2. The fourth-order valence-electron chi connectivity index (χ4n) is 1.33. The number of urea groups is 1. The summed E-state index contributed by atoms with van der Waals surface area (Å²) in [5, 5.41) is 4.63. The van der Waals surface area contributed by atoms with Gasteiger partial charge < -0.3 is 5.32 Å². The maximum Gasteiger partial charge on any atom is 0.322 e. The molecule has 0 aromatic heterocycles. The summed E-state index contributed by atoms with van der Waals surface area (Å²) in [5.74, 6) is -0.334. The van der Waals surface area contributed by atoms with Gasteiger partial charge in [0, 0.05) is 6.42 Å². The second kappa shape index (κ2) is 3.49. The zero-order chi connectivity index (χ0) is 9.97. The van der Waals surface area contributed by atoms with Crippen molar-refractivity contribution in [2.45, 2.75) is 6.42 Å². The van der Waals surface area contributed by atoms with Gasteiger partial charge in [0.25, 0.3) is 5.91 Å². The standard InChI is InChI=1S/C10H9N2O2/c13-9-8(11-10(14)12-9)6-7-4-2-1-3-5-7/h1-5H,6H2,(H2,11,12,13,14). The van der Waals surface area contributed by atoms with Crippen molar-refractivity contribution in [2.24, 2.45) is 0 Å². The summed E-state index contributed by atoms with van der Waals surface area (Å²) < 4.78 is 0. The van der Waals surface area contributed by atoms with Crippen LogP contribution in [0.1, 0.15) is 5.56 Å². The molecule has 0 unspecified atom stereocenters. The second-order valence-corrected chi connectivity index (χ2v) is 3.05. The molecule has 1 aliphatic rings. The van der Waals surface area contributed by atoms with Gasteiger partial charge in [0.1, 0.15) is 0 Å². The van der Waals surface area contributed by atoms with Gasteiger partial charge in [-0.15, -0.1) is 0 Å². The highest BCUT2D eigenvalue weighted by Crippen LogP contribution is 2.10. The third-order valence-corrected chi connectivity index (χ3v) is 1.99. The molecule has 1 heterocycles. The Kier molecular flexibility index (Phi) is 2.18. The smallest absolute Gasteiger partial charge is 0.320 e. The maximum absolute atomic E-state index is 11.2. The van der Waals surface area contributed by atoms with Crippen LogP contribution in [0.2, 0.25) is 0 Å². The van der Waals surface area contributed by atoms with Crippen molar-refractivity contribution < 1.29 is 9.59 Å². The van der Waals surface area contributed by atoms with Crippen LogP contribution in [0, 0.1) is 6.04 Å². The number of rotatable bonds is 2. The molecule has 71 valence electrons. The van der Waals surface area contributed by atoms with Crippen LogP contribution >= 0.6 is 0 Å². The molecule has 2 rings (SSSR count). The van der Waals surface area contributed by atoms with Crippen LogP contribution < -0.4 is 10.6 Å². The summed E-state index contributed by atoms with van der Waals surface area (Å²) in [6.07, 6.45) is 0.457. The third-order valence-electron chi connectivity index (χ3n) is 1.99. The zero-order valence-electron chi connectivity index (χ0n) is 7.41. The van der Waals surface area contributed by atoms with Crippen LogP contribution in [-0.2, 0) is 11.2 Å². The molecule has 1 aromatic carbocycles. The monoisotopic (exact) mass is 189 g/mol. The molecule has 2 N–H and O–H groups in total. The first kappa shape index (κ1) is 8.74. The van der Waals surface area contributed by atoms with Gasteiger partial charge in [-0.3, -0.25) is 10.1 Å². The summed E-state index contributed by atoms with van der Waals surface area (Å²) >= 11 is 0. The molecule has 1 fully saturated rings. The van der Waals surface area contributed by atoms with E-state index in [2.05, 4.69) is 10.6 Å². The SMILES string of the molecule is O=C1N[C](Cc2ccccc2)C(=O)N1. The van der Waals surface area contributed by atoms with Gasteiger partial charge in [0.2, 0.25) is 0 Å². The van der Waals surface area contributed by atoms with Crippen molar-refractivity contribution in [1.29, 1.82) is 0 Å². The predicted molar refractivity (Wildman–Crippen MR) is 50.1 cm³/mol. The second-order valence-electron chi connectivity index (χ2n) is 3.05. The lowest BCUT2D eigenvalue weighted by Crippen LogP contribution is -2.22. The molecule has 0 bridgehead atoms. The van der Waals surface area contributed by atoms with Gasteiger partial charge in [0.15, 0.2) is 6.04 Å². The van der Waals surface area contributed by atoms with Gasteiger partial charge in [-0.2, -0.15) is 0 Å². The van der Waals surface area contributed by atoms with Gasteiger partial charge in [-0.1, -0.05) is 30.3 Å². The Balaban J connectivity index is 2.05. The molecule has 0 atom stereocenters. The van der Waals surface area contributed by atoms with Crippen molar-refractivity contribution in [3.8, 4) is 0 Å². The fourth-order valence-corrected chi connectivity index (χ4v) is 1.33. The van der Waals surface area contributed by atoms with E-state index in [0.717, 1.165) is 5.56 Å². The topological polar surface area (TPSA) is 58.2 Å². The number of hydrogen-bond acceptors (Lipinski definition) is 2. The Morgan fingerprint density at radius 2 is 1.71 bits per heavy atom. The van der Waals surface area contributed by atoms with Crippen LogP contribution in [0.5, 0.6) is 0 Å². The molecule has 0 spiro atoms. The largest absolute Gasteiger partial charge is 0.322 e. The van der Waals surface area contributed by atoms with Crippen molar-refractivity contribution >= 4 is 11.9 Å². The van der Waals surface area contributed by atoms with Crippen molar-refractivity contribution in [2.75, 3.05) is 0 Å². The first-order valence-corrected chi connectivity index (χ1v) is 4.28. The van der Waals surface area contributed by atoms with E-state index in [4.69, 9.17) is 0 Å². The lowest BCUT2D eigenvalue weighted by Gasteiger charge is -2.04. The Labute approximate surface area is 81.3 Å². The van der Waals surface area contributed by atoms with Crippen LogP contribution in [0.4, 0.5) is 4.79 Å². The summed E-state index contributed by atoms with van der Waals surface area (Å²) in [5.41, 5.74) is 1.000. The van der Waals surface area contributed by atoms with Crippen molar-refractivity contribution in [3.63, 3.8) is 0 Å². The molecule has 3 amide bonds. The van der Waals surface area contributed by atoms with E-state index in [-0.39, 0.29) is 5.91 Å². The normalized spacial score (nSPS) is 16.6. The highest BCUT2D eigenvalue weighted by atomic mass is 16.2. The molecule has 1 radical (unpaired) electrons. The Bertz CT molecular complexity index is 362. The van der Waals surface area contributed by atoms with E-state index < -0.39 is 6.03 Å². The van der Waals surface area contributed by atoms with Gasteiger partial charge in [-0.25, -0.2) is 4.79 Å². The molecule has 1 saturated heterocycles. The number of imide groups is 1. The Hall–Kier alpha value is -1.84. The minimum atomic E-state index is -0.444. The molecule has 1 aromatic rings. The summed E-state index contributed by atoms with van der Waals surface area (Å²) in [4.78, 5) is 21.9. The van der Waals surface area contributed by atoms with Gasteiger partial charge in [-0.05, 0) is 5.56 Å². The lowest BCUT2D eigenvalue weighted by molar-refractivity contribution is -0.117. The first-order valence-electron chi connectivity index (χ1n) is 4.28. The zero-order valence-corrected chi connectivity index (χ0v) is 7.41. The van der Waals surface area contributed by atoms with E-state index in [1.54, 1.807) is 0 Å². The molecule has 4 nitrogen and oxygen atoms in total. The summed E-state index contributed by atoms with van der Waals surface area (Å²) in [6, 6.07) is 9.47. The van der Waals surface area contributed by atoms with E-state index in [1.807, 2.05) is 30.3 Å². The van der Waals surface area contributed by atoms with E-state index >= 15 is 0 Å². The number of nitrogens with one attached hydrogen (secondary N) is 2. The average Bonchev–Trinajstić information content (AvgIpc) is 2.47. The average molecular weight is 189 g/mol. The number of benzene rings is 1. The first-order chi connectivity index (χ1) is 6.75. The molecule has 14 heavy (non-hydrogen) atoms. The fraction of sp³-hybridized carbons (Fsp3) is 0.100. The highest BCUT2D eigenvalue weighted by Gasteiger charge is 2.30. The highest BCUT2D eigenvalue weighted by molar-refractivity contribution is 6.09. The molecule has 4 heteroatoms. The molecule has 0 aliphatic carbocycles. The number of amides is 3. The van der Waals surface area contributed by atoms with Crippen molar-refractivity contribution in [1.82, 2.24) is 10.6 Å². The third kappa shape index (κ3) is 1.74. The Morgan fingerprint density at radius 3 is 2.29 bits per heavy atom. The minimum Gasteiger partial charge on any atom is -0.320 e. The van der Waals surface area contributed by atoms with E-state index in [1.165, 1.54) is 0 Å².